The zero-order chi connectivity index (χ0) is 16.4. The van der Waals surface area contributed by atoms with Gasteiger partial charge >= 0.3 is 0 Å². The van der Waals surface area contributed by atoms with Crippen molar-refractivity contribution < 1.29 is 4.79 Å². The van der Waals surface area contributed by atoms with Gasteiger partial charge in [0.1, 0.15) is 5.65 Å². The molecule has 0 aliphatic carbocycles. The lowest BCUT2D eigenvalue weighted by Gasteiger charge is -2.02. The molecule has 1 aromatic carbocycles. The van der Waals surface area contributed by atoms with Crippen LogP contribution >= 0.6 is 0 Å². The van der Waals surface area contributed by atoms with Crippen molar-refractivity contribution in [3.63, 3.8) is 0 Å². The van der Waals surface area contributed by atoms with E-state index in [-0.39, 0.29) is 5.91 Å². The molecule has 3 rings (SSSR count). The third kappa shape index (κ3) is 3.11. The maximum Gasteiger partial charge on any atom is 0.221 e. The number of azo groups is 1. The summed E-state index contributed by atoms with van der Waals surface area (Å²) in [5, 5.41) is 11.4. The van der Waals surface area contributed by atoms with Gasteiger partial charge in [-0.05, 0) is 44.2 Å². The summed E-state index contributed by atoms with van der Waals surface area (Å²) in [5.41, 5.74) is 4.08. The van der Waals surface area contributed by atoms with E-state index in [1.54, 1.807) is 6.07 Å². The molecule has 0 bridgehead atoms. The lowest BCUT2D eigenvalue weighted by atomic mass is 10.3. The third-order valence-electron chi connectivity index (χ3n) is 3.41. The van der Waals surface area contributed by atoms with E-state index in [9.17, 15) is 4.79 Å². The summed E-state index contributed by atoms with van der Waals surface area (Å²) in [4.78, 5) is 15.6. The van der Waals surface area contributed by atoms with Crippen LogP contribution in [0.1, 0.15) is 18.3 Å². The van der Waals surface area contributed by atoms with E-state index < -0.39 is 0 Å². The van der Waals surface area contributed by atoms with Gasteiger partial charge in [-0.2, -0.15) is 0 Å². The van der Waals surface area contributed by atoms with Gasteiger partial charge in [-0.3, -0.25) is 9.20 Å². The molecule has 0 aliphatic heterocycles. The number of hydrogen-bond acceptors (Lipinski definition) is 4. The Balaban J connectivity index is 1.97. The molecule has 0 spiro atoms. The zero-order valence-electron chi connectivity index (χ0n) is 13.2. The van der Waals surface area contributed by atoms with Gasteiger partial charge in [0.25, 0.3) is 0 Å². The van der Waals surface area contributed by atoms with Gasteiger partial charge in [0.2, 0.25) is 5.91 Å². The summed E-state index contributed by atoms with van der Waals surface area (Å²) in [5.74, 6) is 0.593. The molecule has 2 aromatic heterocycles. The topological polar surface area (TPSA) is 71.1 Å². The molecular formula is C17H17N5O. The predicted molar refractivity (Wildman–Crippen MR) is 89.6 cm³/mol. The SMILES string of the molecule is CC(=O)Nc1cccc(N=Nc2c(C)nc3cccc(C)n23)c1. The summed E-state index contributed by atoms with van der Waals surface area (Å²) in [6.45, 7) is 5.39. The Hall–Kier alpha value is -3.02. The number of nitrogens with one attached hydrogen (secondary N) is 1. The normalized spacial score (nSPS) is 11.3. The molecule has 3 aromatic rings. The maximum atomic E-state index is 11.1. The third-order valence-corrected chi connectivity index (χ3v) is 3.41. The minimum absolute atomic E-state index is 0.118. The fourth-order valence-corrected chi connectivity index (χ4v) is 2.42. The summed E-state index contributed by atoms with van der Waals surface area (Å²) >= 11 is 0. The molecule has 6 nitrogen and oxygen atoms in total. The van der Waals surface area contributed by atoms with Crippen molar-refractivity contribution in [3.8, 4) is 0 Å². The van der Waals surface area contributed by atoms with Crippen LogP contribution in [-0.4, -0.2) is 15.3 Å². The molecule has 0 saturated carbocycles. The summed E-state index contributed by atoms with van der Waals surface area (Å²) in [6, 6.07) is 13.2. The number of fused-ring (bicyclic) bond motifs is 1. The maximum absolute atomic E-state index is 11.1. The minimum Gasteiger partial charge on any atom is -0.326 e. The average molecular weight is 307 g/mol. The molecule has 2 heterocycles. The van der Waals surface area contributed by atoms with Crippen LogP contribution in [-0.2, 0) is 4.79 Å². The van der Waals surface area contributed by atoms with Gasteiger partial charge in [-0.1, -0.05) is 12.1 Å². The van der Waals surface area contributed by atoms with E-state index in [4.69, 9.17) is 0 Å². The number of carbonyl (C=O) groups excluding carboxylic acids is 1. The van der Waals surface area contributed by atoms with E-state index in [1.807, 2.05) is 54.6 Å². The second-order valence-corrected chi connectivity index (χ2v) is 5.31. The number of aryl methyl sites for hydroxylation is 2. The van der Waals surface area contributed by atoms with Crippen LogP contribution in [0.3, 0.4) is 0 Å². The van der Waals surface area contributed by atoms with Gasteiger partial charge in [0.15, 0.2) is 5.82 Å². The van der Waals surface area contributed by atoms with E-state index in [0.717, 1.165) is 17.0 Å². The van der Waals surface area contributed by atoms with Crippen LogP contribution in [0.4, 0.5) is 17.2 Å². The standard InChI is InChI=1S/C17H17N5O/c1-11-6-4-9-16-18-12(2)17(22(11)16)21-20-15-8-5-7-14(10-15)19-13(3)23/h4-10H,1-3H3,(H,19,23). The monoisotopic (exact) mass is 307 g/mol. The number of hydrogen-bond donors (Lipinski definition) is 1. The van der Waals surface area contributed by atoms with Gasteiger partial charge in [0.05, 0.1) is 11.4 Å². The van der Waals surface area contributed by atoms with Crippen LogP contribution in [0, 0.1) is 13.8 Å². The van der Waals surface area contributed by atoms with Crippen molar-refractivity contribution >= 4 is 28.7 Å². The van der Waals surface area contributed by atoms with Crippen molar-refractivity contribution in [2.75, 3.05) is 5.32 Å². The first-order valence-electron chi connectivity index (χ1n) is 7.28. The van der Waals surface area contributed by atoms with Crippen molar-refractivity contribution in [2.45, 2.75) is 20.8 Å². The van der Waals surface area contributed by atoms with Crippen LogP contribution in [0.5, 0.6) is 0 Å². The highest BCUT2D eigenvalue weighted by Gasteiger charge is 2.09. The fraction of sp³-hybridized carbons (Fsp3) is 0.176. The number of nitrogens with zero attached hydrogens (tertiary/aromatic N) is 4. The lowest BCUT2D eigenvalue weighted by Crippen LogP contribution is -2.04. The van der Waals surface area contributed by atoms with Crippen LogP contribution in [0.25, 0.3) is 5.65 Å². The minimum atomic E-state index is -0.118. The Bertz CT molecular complexity index is 910. The Kier molecular flexibility index (Phi) is 3.89. The number of anilines is 1. The van der Waals surface area contributed by atoms with Gasteiger partial charge < -0.3 is 5.32 Å². The molecule has 23 heavy (non-hydrogen) atoms. The van der Waals surface area contributed by atoms with E-state index in [0.29, 0.717) is 17.2 Å². The number of rotatable bonds is 3. The van der Waals surface area contributed by atoms with E-state index in [1.165, 1.54) is 6.92 Å². The molecule has 0 fully saturated rings. The second-order valence-electron chi connectivity index (χ2n) is 5.31. The van der Waals surface area contributed by atoms with E-state index >= 15 is 0 Å². The highest BCUT2D eigenvalue weighted by Crippen LogP contribution is 2.26. The number of imidazole rings is 1. The van der Waals surface area contributed by atoms with Gasteiger partial charge in [-0.25, -0.2) is 4.98 Å². The fourth-order valence-electron chi connectivity index (χ4n) is 2.42. The zero-order valence-corrected chi connectivity index (χ0v) is 13.2. The summed E-state index contributed by atoms with van der Waals surface area (Å²) in [6.07, 6.45) is 0. The largest absolute Gasteiger partial charge is 0.326 e. The van der Waals surface area contributed by atoms with Gasteiger partial charge in [-0.15, -0.1) is 10.2 Å². The first-order valence-corrected chi connectivity index (χ1v) is 7.28. The number of amides is 1. The molecule has 6 heteroatoms. The lowest BCUT2D eigenvalue weighted by molar-refractivity contribution is -0.114. The Morgan fingerprint density at radius 1 is 1.13 bits per heavy atom. The highest BCUT2D eigenvalue weighted by atomic mass is 16.1. The Labute approximate surface area is 133 Å². The average Bonchev–Trinajstić information content (AvgIpc) is 2.82. The molecule has 116 valence electrons. The highest BCUT2D eigenvalue weighted by molar-refractivity contribution is 5.89. The van der Waals surface area contributed by atoms with E-state index in [2.05, 4.69) is 20.5 Å². The molecular weight excluding hydrogens is 290 g/mol. The van der Waals surface area contributed by atoms with Crippen LogP contribution in [0.2, 0.25) is 0 Å². The molecule has 0 saturated heterocycles. The number of carbonyl (C=O) groups is 1. The molecule has 0 radical (unpaired) electrons. The van der Waals surface area contributed by atoms with Gasteiger partial charge in [0, 0.05) is 18.3 Å². The molecule has 0 atom stereocenters. The molecule has 0 aliphatic rings. The number of benzene rings is 1. The molecule has 1 amide bonds. The quantitative estimate of drug-likeness (QED) is 0.732. The molecule has 0 unspecified atom stereocenters. The Morgan fingerprint density at radius 3 is 2.70 bits per heavy atom. The Morgan fingerprint density at radius 2 is 1.91 bits per heavy atom. The summed E-state index contributed by atoms with van der Waals surface area (Å²) in [7, 11) is 0. The number of aromatic nitrogens is 2. The first kappa shape index (κ1) is 14.9. The smallest absolute Gasteiger partial charge is 0.221 e. The second kappa shape index (κ2) is 6.00. The van der Waals surface area contributed by atoms with Crippen molar-refractivity contribution in [1.29, 1.82) is 0 Å². The predicted octanol–water partition coefficient (Wildman–Crippen LogP) is 4.32. The van der Waals surface area contributed by atoms with Crippen LogP contribution < -0.4 is 5.32 Å². The number of pyridine rings is 1. The first-order chi connectivity index (χ1) is 11.0. The van der Waals surface area contributed by atoms with Crippen molar-refractivity contribution in [3.05, 3.63) is 53.9 Å². The molecule has 1 N–H and O–H groups in total. The van der Waals surface area contributed by atoms with Crippen molar-refractivity contribution in [2.24, 2.45) is 10.2 Å². The van der Waals surface area contributed by atoms with Crippen LogP contribution in [0.15, 0.2) is 52.7 Å². The van der Waals surface area contributed by atoms with Crippen molar-refractivity contribution in [1.82, 2.24) is 9.38 Å². The summed E-state index contributed by atoms with van der Waals surface area (Å²) < 4.78 is 1.97.